The van der Waals surface area contributed by atoms with E-state index in [1.165, 1.54) is 16.2 Å². The van der Waals surface area contributed by atoms with E-state index in [9.17, 15) is 4.79 Å². The number of amides is 2. The zero-order valence-electron chi connectivity index (χ0n) is 12.0. The zero-order valence-corrected chi connectivity index (χ0v) is 13.7. The topological polar surface area (TPSA) is 66.9 Å². The number of nitrogens with one attached hydrogen (secondary N) is 2. The fraction of sp³-hybridized carbons (Fsp3) is 0.500. The van der Waals surface area contributed by atoms with Crippen LogP contribution < -0.4 is 10.6 Å². The van der Waals surface area contributed by atoms with Gasteiger partial charge < -0.3 is 5.32 Å². The van der Waals surface area contributed by atoms with E-state index in [0.717, 1.165) is 30.0 Å². The molecule has 5 nitrogen and oxygen atoms in total. The molecule has 1 aliphatic carbocycles. The molecule has 3 rings (SSSR count). The van der Waals surface area contributed by atoms with Crippen molar-refractivity contribution in [1.82, 2.24) is 15.3 Å². The fourth-order valence-electron chi connectivity index (χ4n) is 2.13. The number of carbonyl (C=O) groups excluding carboxylic acids is 1. The highest BCUT2D eigenvalue weighted by molar-refractivity contribution is 7.15. The van der Waals surface area contributed by atoms with E-state index in [2.05, 4.69) is 27.5 Å². The maximum Gasteiger partial charge on any atom is 0.321 e. The van der Waals surface area contributed by atoms with Crippen molar-refractivity contribution in [2.75, 3.05) is 5.32 Å². The third-order valence-corrected chi connectivity index (χ3v) is 5.51. The highest BCUT2D eigenvalue weighted by Gasteiger charge is 2.35. The fourth-order valence-corrected chi connectivity index (χ4v) is 3.81. The second-order valence-electron chi connectivity index (χ2n) is 5.23. The maximum atomic E-state index is 12.2. The summed E-state index contributed by atoms with van der Waals surface area (Å²) in [5.41, 5.74) is 1.01. The lowest BCUT2D eigenvalue weighted by Gasteiger charge is -2.15. The summed E-state index contributed by atoms with van der Waals surface area (Å²) in [7, 11) is 0. The quantitative estimate of drug-likeness (QED) is 0.881. The Kier molecular flexibility index (Phi) is 4.21. The first-order valence-corrected chi connectivity index (χ1v) is 8.79. The number of urea groups is 1. The molecule has 2 aromatic heterocycles. The molecule has 2 heterocycles. The van der Waals surface area contributed by atoms with Crippen molar-refractivity contribution in [3.63, 3.8) is 0 Å². The number of aromatic nitrogens is 2. The van der Waals surface area contributed by atoms with Gasteiger partial charge in [0, 0.05) is 22.1 Å². The van der Waals surface area contributed by atoms with Crippen LogP contribution in [0.2, 0.25) is 0 Å². The van der Waals surface area contributed by atoms with E-state index in [1.807, 2.05) is 18.5 Å². The van der Waals surface area contributed by atoms with Crippen LogP contribution in [0, 0.1) is 12.8 Å². The summed E-state index contributed by atoms with van der Waals surface area (Å²) in [5.74, 6) is 0.517. The molecule has 21 heavy (non-hydrogen) atoms. The normalized spacial score (nSPS) is 15.7. The standard InChI is InChI=1S/C14H18N4OS2/c1-3-10-6-15-14(21-10)18-13(19)17-11(9-4-5-9)12-16-8(2)7-20-12/h6-7,9,11H,3-5H2,1-2H3,(H2,15,17,18,19). The van der Waals surface area contributed by atoms with Crippen molar-refractivity contribution < 1.29 is 4.79 Å². The minimum Gasteiger partial charge on any atom is -0.328 e. The molecule has 0 spiro atoms. The van der Waals surface area contributed by atoms with Crippen LogP contribution in [0.1, 0.15) is 41.4 Å². The van der Waals surface area contributed by atoms with Crippen molar-refractivity contribution >= 4 is 33.8 Å². The van der Waals surface area contributed by atoms with Gasteiger partial charge in [0.05, 0.1) is 6.04 Å². The Morgan fingerprint density at radius 1 is 1.52 bits per heavy atom. The Morgan fingerprint density at radius 2 is 2.33 bits per heavy atom. The number of thiazole rings is 2. The van der Waals surface area contributed by atoms with Crippen LogP contribution in [-0.2, 0) is 6.42 Å². The third kappa shape index (κ3) is 3.59. The summed E-state index contributed by atoms with van der Waals surface area (Å²) >= 11 is 3.13. The Hall–Kier alpha value is -1.47. The van der Waals surface area contributed by atoms with Gasteiger partial charge in [-0.15, -0.1) is 22.7 Å². The molecule has 0 aromatic carbocycles. The van der Waals surface area contributed by atoms with E-state index in [4.69, 9.17) is 0 Å². The molecule has 0 bridgehead atoms. The van der Waals surface area contributed by atoms with Crippen molar-refractivity contribution in [2.24, 2.45) is 5.92 Å². The van der Waals surface area contributed by atoms with E-state index < -0.39 is 0 Å². The molecule has 1 unspecified atom stereocenters. The molecule has 7 heteroatoms. The summed E-state index contributed by atoms with van der Waals surface area (Å²) in [5, 5.41) is 9.54. The average molecular weight is 322 g/mol. The molecule has 112 valence electrons. The Labute approximate surface area is 131 Å². The number of hydrogen-bond donors (Lipinski definition) is 2. The van der Waals surface area contributed by atoms with Crippen LogP contribution in [-0.4, -0.2) is 16.0 Å². The summed E-state index contributed by atoms with van der Waals surface area (Å²) in [6.07, 6.45) is 5.05. The second-order valence-corrected chi connectivity index (χ2v) is 7.23. The number of aryl methyl sites for hydroxylation is 2. The predicted octanol–water partition coefficient (Wildman–Crippen LogP) is 3.74. The van der Waals surface area contributed by atoms with E-state index in [0.29, 0.717) is 11.0 Å². The van der Waals surface area contributed by atoms with E-state index in [-0.39, 0.29) is 12.1 Å². The summed E-state index contributed by atoms with van der Waals surface area (Å²) < 4.78 is 0. The molecule has 0 aliphatic heterocycles. The Bertz CT molecular complexity index is 632. The van der Waals surface area contributed by atoms with E-state index in [1.54, 1.807) is 11.3 Å². The molecule has 1 fully saturated rings. The van der Waals surface area contributed by atoms with Gasteiger partial charge in [-0.25, -0.2) is 14.8 Å². The van der Waals surface area contributed by atoms with Gasteiger partial charge in [-0.3, -0.25) is 5.32 Å². The molecule has 0 radical (unpaired) electrons. The van der Waals surface area contributed by atoms with Gasteiger partial charge in [0.15, 0.2) is 5.13 Å². The van der Waals surface area contributed by atoms with Gasteiger partial charge in [-0.05, 0) is 32.1 Å². The number of rotatable bonds is 5. The Balaban J connectivity index is 1.64. The van der Waals surface area contributed by atoms with Gasteiger partial charge in [0.2, 0.25) is 0 Å². The van der Waals surface area contributed by atoms with Crippen LogP contribution in [0.3, 0.4) is 0 Å². The first-order chi connectivity index (χ1) is 10.2. The predicted molar refractivity (Wildman–Crippen MR) is 86.0 cm³/mol. The largest absolute Gasteiger partial charge is 0.328 e. The first kappa shape index (κ1) is 14.5. The number of anilines is 1. The molecule has 2 aromatic rings. The van der Waals surface area contributed by atoms with Crippen LogP contribution in [0.15, 0.2) is 11.6 Å². The molecule has 1 saturated carbocycles. The van der Waals surface area contributed by atoms with Crippen LogP contribution in [0.25, 0.3) is 0 Å². The molecule has 2 N–H and O–H groups in total. The lowest BCUT2D eigenvalue weighted by atomic mass is 10.2. The molecular weight excluding hydrogens is 304 g/mol. The smallest absolute Gasteiger partial charge is 0.321 e. The summed E-state index contributed by atoms with van der Waals surface area (Å²) in [6, 6.07) is -0.175. The van der Waals surface area contributed by atoms with Crippen LogP contribution in [0.4, 0.5) is 9.93 Å². The van der Waals surface area contributed by atoms with Gasteiger partial charge in [0.25, 0.3) is 0 Å². The van der Waals surface area contributed by atoms with Crippen molar-refractivity contribution in [3.8, 4) is 0 Å². The molecule has 0 saturated heterocycles. The van der Waals surface area contributed by atoms with Gasteiger partial charge in [-0.2, -0.15) is 0 Å². The summed E-state index contributed by atoms with van der Waals surface area (Å²) in [6.45, 7) is 4.05. The highest BCUT2D eigenvalue weighted by atomic mass is 32.1. The average Bonchev–Trinajstić information content (AvgIpc) is 3.06. The lowest BCUT2D eigenvalue weighted by molar-refractivity contribution is 0.247. The van der Waals surface area contributed by atoms with Gasteiger partial charge in [-0.1, -0.05) is 6.92 Å². The number of hydrogen-bond acceptors (Lipinski definition) is 5. The third-order valence-electron chi connectivity index (χ3n) is 3.41. The van der Waals surface area contributed by atoms with E-state index >= 15 is 0 Å². The molecular formula is C14H18N4OS2. The zero-order chi connectivity index (χ0) is 14.8. The van der Waals surface area contributed by atoms with Gasteiger partial charge in [0.1, 0.15) is 5.01 Å². The maximum absolute atomic E-state index is 12.2. The van der Waals surface area contributed by atoms with Crippen molar-refractivity contribution in [1.29, 1.82) is 0 Å². The minimum absolute atomic E-state index is 0.0225. The van der Waals surface area contributed by atoms with Crippen molar-refractivity contribution in [2.45, 2.75) is 39.2 Å². The minimum atomic E-state index is -0.197. The monoisotopic (exact) mass is 322 g/mol. The molecule has 1 aliphatic rings. The summed E-state index contributed by atoms with van der Waals surface area (Å²) in [4.78, 5) is 22.0. The second kappa shape index (κ2) is 6.11. The highest BCUT2D eigenvalue weighted by Crippen LogP contribution is 2.41. The Morgan fingerprint density at radius 3 is 2.90 bits per heavy atom. The van der Waals surface area contributed by atoms with Crippen molar-refractivity contribution in [3.05, 3.63) is 27.2 Å². The molecule has 1 atom stereocenters. The SMILES string of the molecule is CCc1cnc(NC(=O)NC(c2nc(C)cs2)C2CC2)s1. The van der Waals surface area contributed by atoms with Gasteiger partial charge >= 0.3 is 6.03 Å². The van der Waals surface area contributed by atoms with Crippen LogP contribution in [0.5, 0.6) is 0 Å². The number of carbonyl (C=O) groups is 1. The number of nitrogens with zero attached hydrogens (tertiary/aromatic N) is 2. The molecule has 2 amide bonds. The first-order valence-electron chi connectivity index (χ1n) is 7.10. The van der Waals surface area contributed by atoms with Crippen LogP contribution >= 0.6 is 22.7 Å². The lowest BCUT2D eigenvalue weighted by Crippen LogP contribution is -2.33.